The molecule has 0 aromatic heterocycles. The van der Waals surface area contributed by atoms with Gasteiger partial charge in [0.05, 0.1) is 12.2 Å². The molecule has 0 radical (unpaired) electrons. The number of allylic oxidation sites excluding steroid dienone is 4. The number of aliphatic hydroxyl groups excluding tert-OH is 2. The predicted octanol–water partition coefficient (Wildman–Crippen LogP) is 4.39. The maximum Gasteiger partial charge on any atom is 0.193 e. The molecule has 8 nitrogen and oxygen atoms in total. The van der Waals surface area contributed by atoms with E-state index in [9.17, 15) is 24.6 Å². The summed E-state index contributed by atoms with van der Waals surface area (Å²) in [5, 5.41) is 21.9. The second kappa shape index (κ2) is 10.3. The fraction of sp³-hybridized carbons (Fsp3) is 0.472. The van der Waals surface area contributed by atoms with Crippen molar-refractivity contribution < 1.29 is 38.5 Å². The number of benzene rings is 2. The van der Waals surface area contributed by atoms with Crippen LogP contribution in [0.2, 0.25) is 0 Å². The number of ether oxygens (including phenoxy) is 2. The number of ketones is 3. The van der Waals surface area contributed by atoms with E-state index >= 15 is 4.39 Å². The Kier molecular flexibility index (Phi) is 6.87. The first-order valence-electron chi connectivity index (χ1n) is 15.6. The second-order valence-electron chi connectivity index (χ2n) is 13.9. The Labute approximate surface area is 261 Å². The first-order chi connectivity index (χ1) is 21.4. The zero-order chi connectivity index (χ0) is 31.9. The summed E-state index contributed by atoms with van der Waals surface area (Å²) in [7, 11) is 0. The fourth-order valence-electron chi connectivity index (χ4n) is 9.54. The maximum atomic E-state index is 17.5. The van der Waals surface area contributed by atoms with Crippen molar-refractivity contribution in [2.45, 2.75) is 75.7 Å². The van der Waals surface area contributed by atoms with Crippen LogP contribution in [-0.2, 0) is 25.5 Å². The van der Waals surface area contributed by atoms with Gasteiger partial charge in [0.25, 0.3) is 0 Å². The third-order valence-corrected chi connectivity index (χ3v) is 11.8. The van der Waals surface area contributed by atoms with E-state index in [1.54, 1.807) is 55.5 Å². The average Bonchev–Trinajstić information content (AvgIpc) is 3.51. The molecule has 1 aliphatic heterocycles. The molecule has 3 saturated carbocycles. The standard InChI is InChI=1S/C36H38FNO7/c1-33-13-12-25(40)16-23(33)10-11-26-27-17-31-36(30(43)19-39,34(27,2)18-29(42)35(26,33)37)45-32(44-31)22-8-6-21(7-9-22)28(41)15-20-4-3-5-24(38)14-20/h3-9,12-14,16,26-27,29,31-32,39,42H,10-11,15,17-19,38H2,1-2H3/t26-,27-,29-,31+,32+,33-,34-,35-,36+/m0/s1. The zero-order valence-corrected chi connectivity index (χ0v) is 25.4. The molecule has 2 aromatic rings. The van der Waals surface area contributed by atoms with Crippen LogP contribution in [0.5, 0.6) is 0 Å². The summed E-state index contributed by atoms with van der Waals surface area (Å²) in [4.78, 5) is 38.8. The largest absolute Gasteiger partial charge is 0.399 e. The van der Waals surface area contributed by atoms with E-state index in [-0.39, 0.29) is 30.3 Å². The number of hydrogen-bond acceptors (Lipinski definition) is 8. The topological polar surface area (TPSA) is 136 Å². The summed E-state index contributed by atoms with van der Waals surface area (Å²) in [5.74, 6) is -1.84. The van der Waals surface area contributed by atoms with Gasteiger partial charge < -0.3 is 25.4 Å². The molecule has 7 rings (SSSR count). The Morgan fingerprint density at radius 1 is 1.11 bits per heavy atom. The highest BCUT2D eigenvalue weighted by Crippen LogP contribution is 2.72. The highest BCUT2D eigenvalue weighted by atomic mass is 19.1. The van der Waals surface area contributed by atoms with Crippen molar-refractivity contribution in [1.82, 2.24) is 0 Å². The summed E-state index contributed by atoms with van der Waals surface area (Å²) < 4.78 is 30.5. The molecule has 2 aromatic carbocycles. The van der Waals surface area contributed by atoms with E-state index < -0.39 is 58.9 Å². The van der Waals surface area contributed by atoms with E-state index in [2.05, 4.69) is 0 Å². The van der Waals surface area contributed by atoms with Gasteiger partial charge in [-0.25, -0.2) is 4.39 Å². The molecule has 1 heterocycles. The number of aliphatic hydroxyl groups is 2. The quantitative estimate of drug-likeness (QED) is 0.322. The maximum absolute atomic E-state index is 17.5. The van der Waals surface area contributed by atoms with Crippen LogP contribution in [0.1, 0.15) is 67.3 Å². The van der Waals surface area contributed by atoms with E-state index in [1.807, 2.05) is 13.0 Å². The van der Waals surface area contributed by atoms with Crippen LogP contribution in [0, 0.1) is 22.7 Å². The van der Waals surface area contributed by atoms with E-state index in [0.717, 1.165) is 5.56 Å². The van der Waals surface area contributed by atoms with E-state index in [1.165, 1.54) is 12.2 Å². The van der Waals surface area contributed by atoms with Crippen LogP contribution >= 0.6 is 0 Å². The summed E-state index contributed by atoms with van der Waals surface area (Å²) in [5.41, 5.74) is 3.17. The number of nitrogens with two attached hydrogens (primary N) is 1. The molecular weight excluding hydrogens is 577 g/mol. The highest BCUT2D eigenvalue weighted by Gasteiger charge is 2.79. The number of carbonyl (C=O) groups is 3. The first kappa shape index (κ1) is 30.2. The monoisotopic (exact) mass is 615 g/mol. The van der Waals surface area contributed by atoms with E-state index in [4.69, 9.17) is 15.2 Å². The summed E-state index contributed by atoms with van der Waals surface area (Å²) in [6.45, 7) is 2.81. The minimum absolute atomic E-state index is 0.0783. The van der Waals surface area contributed by atoms with Crippen LogP contribution < -0.4 is 5.73 Å². The first-order valence-corrected chi connectivity index (χ1v) is 15.6. The molecule has 0 amide bonds. The van der Waals surface area contributed by atoms with Gasteiger partial charge in [-0.15, -0.1) is 0 Å². The van der Waals surface area contributed by atoms with Crippen molar-refractivity contribution in [3.05, 3.63) is 89.0 Å². The lowest BCUT2D eigenvalue weighted by molar-refractivity contribution is -0.231. The molecule has 1 saturated heterocycles. The number of rotatable bonds is 6. The van der Waals surface area contributed by atoms with Gasteiger partial charge in [-0.3, -0.25) is 14.4 Å². The van der Waals surface area contributed by atoms with Gasteiger partial charge in [0.15, 0.2) is 34.9 Å². The van der Waals surface area contributed by atoms with Crippen molar-refractivity contribution in [2.75, 3.05) is 12.3 Å². The number of anilines is 1. The molecule has 0 spiro atoms. The molecule has 5 aliphatic rings. The Hall–Kier alpha value is -3.50. The van der Waals surface area contributed by atoms with Crippen LogP contribution in [0.3, 0.4) is 0 Å². The van der Waals surface area contributed by atoms with Gasteiger partial charge in [-0.2, -0.15) is 0 Å². The molecule has 4 fully saturated rings. The minimum Gasteiger partial charge on any atom is -0.399 e. The minimum atomic E-state index is -2.06. The zero-order valence-electron chi connectivity index (χ0n) is 25.4. The summed E-state index contributed by atoms with van der Waals surface area (Å²) in [6, 6.07) is 14.0. The van der Waals surface area contributed by atoms with Gasteiger partial charge >= 0.3 is 0 Å². The normalized spacial score (nSPS) is 39.8. The van der Waals surface area contributed by atoms with Crippen LogP contribution in [-0.4, -0.2) is 57.6 Å². The smallest absolute Gasteiger partial charge is 0.193 e. The number of halogens is 1. The predicted molar refractivity (Wildman–Crippen MR) is 163 cm³/mol. The second-order valence-corrected chi connectivity index (χ2v) is 13.9. The lowest BCUT2D eigenvalue weighted by Crippen LogP contribution is -2.69. The molecule has 45 heavy (non-hydrogen) atoms. The molecular formula is C36H38FNO7. The van der Waals surface area contributed by atoms with Gasteiger partial charge in [-0.1, -0.05) is 55.0 Å². The average molecular weight is 616 g/mol. The molecule has 236 valence electrons. The Morgan fingerprint density at radius 2 is 1.87 bits per heavy atom. The third kappa shape index (κ3) is 4.07. The van der Waals surface area contributed by atoms with Crippen molar-refractivity contribution >= 4 is 23.0 Å². The SMILES string of the molecule is C[C@]12C=CC(=O)C=C1CC[C@H]1[C@@H]3C[C@H]4O[C@@H](c5ccc(C(=O)Cc6cccc(N)c6)cc5)O[C@@]4(C(=O)CO)[C@@]3(C)C[C@H](O)[C@@]12F. The highest BCUT2D eigenvalue weighted by molar-refractivity contribution is 6.01. The van der Waals surface area contributed by atoms with Gasteiger partial charge in [0.1, 0.15) is 6.61 Å². The molecule has 4 aliphatic carbocycles. The van der Waals surface area contributed by atoms with Crippen molar-refractivity contribution in [2.24, 2.45) is 22.7 Å². The number of fused-ring (bicyclic) bond motifs is 7. The Morgan fingerprint density at radius 3 is 2.58 bits per heavy atom. The lowest BCUT2D eigenvalue weighted by atomic mass is 9.44. The van der Waals surface area contributed by atoms with Gasteiger partial charge in [-0.05, 0) is 68.4 Å². The Bertz CT molecular complexity index is 1650. The van der Waals surface area contributed by atoms with Crippen molar-refractivity contribution in [1.29, 1.82) is 0 Å². The fourth-order valence-corrected chi connectivity index (χ4v) is 9.54. The molecule has 0 unspecified atom stereocenters. The van der Waals surface area contributed by atoms with Gasteiger partial charge in [0, 0.05) is 40.0 Å². The number of Topliss-reactive ketones (excluding diaryl/α,β-unsaturated/α-hetero) is 2. The van der Waals surface area contributed by atoms with Crippen LogP contribution in [0.4, 0.5) is 10.1 Å². The molecule has 0 bridgehead atoms. The van der Waals surface area contributed by atoms with E-state index in [0.29, 0.717) is 41.6 Å². The number of carbonyl (C=O) groups excluding carboxylic acids is 3. The van der Waals surface area contributed by atoms with Crippen LogP contribution in [0.25, 0.3) is 0 Å². The Balaban J connectivity index is 1.17. The van der Waals surface area contributed by atoms with Crippen molar-refractivity contribution in [3.63, 3.8) is 0 Å². The number of hydrogen-bond donors (Lipinski definition) is 3. The molecule has 9 atom stereocenters. The lowest BCUT2D eigenvalue weighted by Gasteiger charge is -2.62. The third-order valence-electron chi connectivity index (χ3n) is 11.8. The summed E-state index contributed by atoms with van der Waals surface area (Å²) in [6.07, 6.45) is 2.62. The molecule has 4 N–H and O–H groups in total. The van der Waals surface area contributed by atoms with Crippen LogP contribution in [0.15, 0.2) is 72.3 Å². The van der Waals surface area contributed by atoms with Crippen molar-refractivity contribution in [3.8, 4) is 0 Å². The number of nitrogen functional groups attached to an aromatic ring is 1. The van der Waals surface area contributed by atoms with Gasteiger partial charge in [0.2, 0.25) is 0 Å². The summed E-state index contributed by atoms with van der Waals surface area (Å²) >= 11 is 0. The number of alkyl halides is 1. The molecule has 9 heteroatoms.